The van der Waals surface area contributed by atoms with Gasteiger partial charge in [-0.1, -0.05) is 34.1 Å². The van der Waals surface area contributed by atoms with E-state index >= 15 is 0 Å². The van der Waals surface area contributed by atoms with Crippen molar-refractivity contribution in [2.24, 2.45) is 0 Å². The van der Waals surface area contributed by atoms with E-state index in [0.29, 0.717) is 0 Å². The van der Waals surface area contributed by atoms with Crippen LogP contribution in [0.2, 0.25) is 0 Å². The predicted octanol–water partition coefficient (Wildman–Crippen LogP) is 4.83. The van der Waals surface area contributed by atoms with E-state index < -0.39 is 0 Å². The smallest absolute Gasteiger partial charge is 0.246 e. The van der Waals surface area contributed by atoms with E-state index in [9.17, 15) is 4.79 Å². The molecule has 3 rings (SSSR count). The number of para-hydroxylation sites is 1. The van der Waals surface area contributed by atoms with Crippen LogP contribution in [0.15, 0.2) is 59.2 Å². The van der Waals surface area contributed by atoms with Crippen LogP contribution in [-0.4, -0.2) is 16.8 Å². The van der Waals surface area contributed by atoms with Gasteiger partial charge in [-0.15, -0.1) is 11.6 Å². The van der Waals surface area contributed by atoms with E-state index in [4.69, 9.17) is 11.6 Å². The Bertz CT molecular complexity index is 782. The lowest BCUT2D eigenvalue weighted by Gasteiger charge is -2.21. The lowest BCUT2D eigenvalue weighted by molar-refractivity contribution is -0.115. The molecule has 0 unspecified atom stereocenters. The zero-order chi connectivity index (χ0) is 14.8. The first-order chi connectivity index (χ1) is 10.2. The lowest BCUT2D eigenvalue weighted by atomic mass is 10.2. The highest BCUT2D eigenvalue weighted by Gasteiger charge is 2.20. The van der Waals surface area contributed by atoms with Gasteiger partial charge in [-0.3, -0.25) is 9.69 Å². The second kappa shape index (κ2) is 5.92. The maximum Gasteiger partial charge on any atom is 0.246 e. The quantitative estimate of drug-likeness (QED) is 0.665. The number of fused-ring (bicyclic) bond motifs is 1. The van der Waals surface area contributed by atoms with Crippen molar-refractivity contribution in [3.05, 3.63) is 59.2 Å². The van der Waals surface area contributed by atoms with Gasteiger partial charge in [0.1, 0.15) is 5.88 Å². The number of hydrogen-bond donors (Lipinski definition) is 1. The first-order valence-corrected chi connectivity index (χ1v) is 7.74. The number of anilines is 2. The molecule has 0 radical (unpaired) electrons. The van der Waals surface area contributed by atoms with Gasteiger partial charge >= 0.3 is 0 Å². The lowest BCUT2D eigenvalue weighted by Crippen LogP contribution is -2.26. The number of H-pyrrole nitrogens is 1. The number of alkyl halides is 1. The number of aromatic nitrogens is 1. The number of nitrogens with zero attached hydrogens (tertiary/aromatic N) is 1. The summed E-state index contributed by atoms with van der Waals surface area (Å²) in [5.41, 5.74) is 2.57. The van der Waals surface area contributed by atoms with Crippen LogP contribution in [0.3, 0.4) is 0 Å². The number of rotatable bonds is 3. The topological polar surface area (TPSA) is 36.1 Å². The minimum absolute atomic E-state index is 0.0738. The molecule has 1 aromatic heterocycles. The maximum atomic E-state index is 12.3. The highest BCUT2D eigenvalue weighted by atomic mass is 79.9. The normalized spacial score (nSPS) is 10.8. The number of aromatic amines is 1. The highest BCUT2D eigenvalue weighted by Crippen LogP contribution is 2.33. The molecule has 3 aromatic rings. The number of carbonyl (C=O) groups excluding carboxylic acids is 1. The number of benzene rings is 2. The summed E-state index contributed by atoms with van der Waals surface area (Å²) in [6.07, 6.45) is 1.83. The highest BCUT2D eigenvalue weighted by molar-refractivity contribution is 9.10. The van der Waals surface area contributed by atoms with Crippen molar-refractivity contribution in [2.75, 3.05) is 10.8 Å². The molecular weight excluding hydrogens is 352 g/mol. The Kier molecular flexibility index (Phi) is 3.99. The fourth-order valence-corrected chi connectivity index (χ4v) is 2.69. The van der Waals surface area contributed by atoms with Gasteiger partial charge in [0.25, 0.3) is 0 Å². The molecule has 0 fully saturated rings. The van der Waals surface area contributed by atoms with Gasteiger partial charge in [0.05, 0.1) is 5.69 Å². The van der Waals surface area contributed by atoms with Gasteiger partial charge < -0.3 is 4.98 Å². The molecule has 1 heterocycles. The summed E-state index contributed by atoms with van der Waals surface area (Å²) < 4.78 is 0.962. The third-order valence-electron chi connectivity index (χ3n) is 3.26. The van der Waals surface area contributed by atoms with E-state index in [0.717, 1.165) is 26.8 Å². The average Bonchev–Trinajstić information content (AvgIpc) is 2.93. The van der Waals surface area contributed by atoms with Crippen LogP contribution in [0.5, 0.6) is 0 Å². The summed E-state index contributed by atoms with van der Waals surface area (Å²) in [6, 6.07) is 15.4. The van der Waals surface area contributed by atoms with Gasteiger partial charge in [0, 0.05) is 27.3 Å². The first kappa shape index (κ1) is 14.2. The van der Waals surface area contributed by atoms with Crippen LogP contribution < -0.4 is 4.90 Å². The molecule has 0 aliphatic carbocycles. The van der Waals surface area contributed by atoms with E-state index in [1.165, 1.54) is 0 Å². The zero-order valence-electron chi connectivity index (χ0n) is 11.0. The number of halogens is 2. The van der Waals surface area contributed by atoms with E-state index in [1.54, 1.807) is 4.90 Å². The van der Waals surface area contributed by atoms with Gasteiger partial charge in [0.15, 0.2) is 0 Å². The van der Waals surface area contributed by atoms with Gasteiger partial charge in [-0.05, 0) is 30.3 Å². The minimum Gasteiger partial charge on any atom is -0.359 e. The van der Waals surface area contributed by atoms with Crippen molar-refractivity contribution >= 4 is 55.7 Å². The molecule has 0 saturated carbocycles. The Balaban J connectivity index is 2.16. The van der Waals surface area contributed by atoms with Gasteiger partial charge in [-0.2, -0.15) is 0 Å². The molecule has 21 heavy (non-hydrogen) atoms. The molecule has 0 aliphatic heterocycles. The molecule has 106 valence electrons. The van der Waals surface area contributed by atoms with Crippen molar-refractivity contribution in [3.8, 4) is 0 Å². The summed E-state index contributed by atoms with van der Waals surface area (Å²) in [5, 5.41) is 0.985. The number of nitrogens with one attached hydrogen (secondary N) is 1. The minimum atomic E-state index is -0.163. The van der Waals surface area contributed by atoms with Crippen molar-refractivity contribution < 1.29 is 4.79 Å². The molecule has 2 aromatic carbocycles. The van der Waals surface area contributed by atoms with Crippen molar-refractivity contribution in [3.63, 3.8) is 0 Å². The first-order valence-electron chi connectivity index (χ1n) is 6.41. The summed E-state index contributed by atoms with van der Waals surface area (Å²) in [7, 11) is 0. The predicted molar refractivity (Wildman–Crippen MR) is 90.3 cm³/mol. The Morgan fingerprint density at radius 3 is 2.57 bits per heavy atom. The molecular formula is C16H12BrClN2O. The Hall–Kier alpha value is -1.78. The third-order valence-corrected chi connectivity index (χ3v) is 4.01. The fraction of sp³-hybridized carbons (Fsp3) is 0.0625. The van der Waals surface area contributed by atoms with E-state index in [1.807, 2.05) is 54.7 Å². The maximum absolute atomic E-state index is 12.3. The van der Waals surface area contributed by atoms with E-state index in [2.05, 4.69) is 20.9 Å². The molecule has 5 heteroatoms. The molecule has 0 atom stereocenters. The Morgan fingerprint density at radius 2 is 1.86 bits per heavy atom. The SMILES string of the molecule is O=C(CCl)N(c1ccc(Br)cc1)c1c[nH]c2ccccc12. The van der Waals surface area contributed by atoms with Gasteiger partial charge in [-0.25, -0.2) is 0 Å². The molecule has 0 bridgehead atoms. The van der Waals surface area contributed by atoms with Gasteiger partial charge in [0.2, 0.25) is 5.91 Å². The van der Waals surface area contributed by atoms with Crippen LogP contribution in [0.4, 0.5) is 11.4 Å². The summed E-state index contributed by atoms with van der Waals surface area (Å²) in [4.78, 5) is 17.1. The van der Waals surface area contributed by atoms with E-state index in [-0.39, 0.29) is 11.8 Å². The summed E-state index contributed by atoms with van der Waals surface area (Å²) >= 11 is 9.19. The van der Waals surface area contributed by atoms with Crippen LogP contribution in [-0.2, 0) is 4.79 Å². The molecule has 1 N–H and O–H groups in total. The fourth-order valence-electron chi connectivity index (χ4n) is 2.31. The van der Waals surface area contributed by atoms with Crippen LogP contribution in [0.25, 0.3) is 10.9 Å². The number of hydrogen-bond acceptors (Lipinski definition) is 1. The zero-order valence-corrected chi connectivity index (χ0v) is 13.4. The monoisotopic (exact) mass is 362 g/mol. The largest absolute Gasteiger partial charge is 0.359 e. The molecule has 0 aliphatic rings. The Morgan fingerprint density at radius 1 is 1.14 bits per heavy atom. The van der Waals surface area contributed by atoms with Crippen molar-refractivity contribution in [2.45, 2.75) is 0 Å². The summed E-state index contributed by atoms with van der Waals surface area (Å²) in [6.45, 7) is 0. The molecule has 0 spiro atoms. The molecule has 0 saturated heterocycles. The third kappa shape index (κ3) is 2.69. The average molecular weight is 364 g/mol. The van der Waals surface area contributed by atoms with Crippen molar-refractivity contribution in [1.82, 2.24) is 4.98 Å². The molecule has 3 nitrogen and oxygen atoms in total. The Labute approximate surface area is 135 Å². The number of amides is 1. The summed E-state index contributed by atoms with van der Waals surface area (Å²) in [5.74, 6) is -0.237. The van der Waals surface area contributed by atoms with Crippen LogP contribution >= 0.6 is 27.5 Å². The standard InChI is InChI=1S/C16H12BrClN2O/c17-11-5-7-12(8-6-11)20(16(21)9-18)15-10-19-14-4-2-1-3-13(14)15/h1-8,10,19H,9H2. The van der Waals surface area contributed by atoms with Crippen molar-refractivity contribution in [1.29, 1.82) is 0 Å². The molecule has 1 amide bonds. The number of carbonyl (C=O) groups is 1. The van der Waals surface area contributed by atoms with Crippen LogP contribution in [0.1, 0.15) is 0 Å². The second-order valence-electron chi connectivity index (χ2n) is 4.56. The second-order valence-corrected chi connectivity index (χ2v) is 5.74. The van der Waals surface area contributed by atoms with Crippen LogP contribution in [0, 0.1) is 0 Å².